The van der Waals surface area contributed by atoms with Crippen LogP contribution in [-0.4, -0.2) is 46.5 Å². The lowest BCUT2D eigenvalue weighted by Gasteiger charge is -2.29. The second-order valence-corrected chi connectivity index (χ2v) is 10.4. The maximum absolute atomic E-state index is 13.3. The Morgan fingerprint density at radius 3 is 2.16 bits per heavy atom. The Labute approximate surface area is 191 Å². The first-order valence-electron chi connectivity index (χ1n) is 11.1. The minimum absolute atomic E-state index is 0.351. The number of rotatable bonds is 7. The lowest BCUT2D eigenvalue weighted by molar-refractivity contribution is 0.254. The van der Waals surface area contributed by atoms with Gasteiger partial charge < -0.3 is 9.80 Å². The summed E-state index contributed by atoms with van der Waals surface area (Å²) in [6.45, 7) is 3.92. The van der Waals surface area contributed by atoms with E-state index in [0.29, 0.717) is 16.6 Å². The van der Waals surface area contributed by atoms with Crippen molar-refractivity contribution in [3.05, 3.63) is 84.4 Å². The molecule has 32 heavy (non-hydrogen) atoms. The number of sulfonamides is 1. The van der Waals surface area contributed by atoms with E-state index in [1.165, 1.54) is 9.87 Å². The van der Waals surface area contributed by atoms with Gasteiger partial charge in [-0.1, -0.05) is 54.6 Å². The van der Waals surface area contributed by atoms with Crippen molar-refractivity contribution < 1.29 is 8.42 Å². The van der Waals surface area contributed by atoms with E-state index in [-0.39, 0.29) is 0 Å². The third-order valence-electron chi connectivity index (χ3n) is 6.33. The molecule has 1 aliphatic heterocycles. The van der Waals surface area contributed by atoms with Crippen LogP contribution in [0.5, 0.6) is 0 Å². The molecule has 1 atom stereocenters. The maximum Gasteiger partial charge on any atom is 0.266 e. The van der Waals surface area contributed by atoms with E-state index in [0.717, 1.165) is 37.3 Å². The molecule has 0 radical (unpaired) electrons. The highest BCUT2D eigenvalue weighted by molar-refractivity contribution is 7.93. The first kappa shape index (κ1) is 22.4. The topological polar surface area (TPSA) is 43.9 Å². The lowest BCUT2D eigenvalue weighted by Crippen LogP contribution is -2.33. The summed E-state index contributed by atoms with van der Waals surface area (Å²) < 4.78 is 27.9. The second kappa shape index (κ2) is 9.35. The van der Waals surface area contributed by atoms with Gasteiger partial charge in [0.2, 0.25) is 0 Å². The molecule has 168 valence electrons. The molecule has 0 fully saturated rings. The molecule has 0 amide bonds. The van der Waals surface area contributed by atoms with Gasteiger partial charge >= 0.3 is 0 Å². The van der Waals surface area contributed by atoms with Gasteiger partial charge in [0.15, 0.2) is 0 Å². The van der Waals surface area contributed by atoms with Gasteiger partial charge in [0.25, 0.3) is 10.0 Å². The Kier molecular flexibility index (Phi) is 6.53. The van der Waals surface area contributed by atoms with Crippen LogP contribution < -0.4 is 9.21 Å². The molecule has 3 aromatic carbocycles. The molecule has 6 heteroatoms. The third-order valence-corrected chi connectivity index (χ3v) is 8.14. The predicted molar refractivity (Wildman–Crippen MR) is 132 cm³/mol. The molecule has 5 nitrogen and oxygen atoms in total. The average Bonchev–Trinajstić information content (AvgIpc) is 2.88. The van der Waals surface area contributed by atoms with Crippen LogP contribution in [0.2, 0.25) is 0 Å². The van der Waals surface area contributed by atoms with E-state index in [1.54, 1.807) is 19.2 Å². The Morgan fingerprint density at radius 2 is 1.44 bits per heavy atom. The van der Waals surface area contributed by atoms with Crippen molar-refractivity contribution in [3.63, 3.8) is 0 Å². The molecule has 1 aliphatic rings. The normalized spacial score (nSPS) is 15.8. The van der Waals surface area contributed by atoms with Gasteiger partial charge in [0, 0.05) is 19.6 Å². The van der Waals surface area contributed by atoms with Crippen LogP contribution in [0.1, 0.15) is 18.9 Å². The second-order valence-electron chi connectivity index (χ2n) is 8.45. The van der Waals surface area contributed by atoms with Crippen LogP contribution in [-0.2, 0) is 16.4 Å². The molecular formula is C26H31N3O2S. The molecule has 4 rings (SSSR count). The SMILES string of the molecule is C[C@@H](Cc1ccccc1)N(C)CCCN1c2ccccc2N(C)S(=O)(=O)c2ccccc21. The largest absolute Gasteiger partial charge is 0.339 e. The van der Waals surface area contributed by atoms with Gasteiger partial charge in [-0.3, -0.25) is 4.31 Å². The lowest BCUT2D eigenvalue weighted by atomic mass is 10.1. The Morgan fingerprint density at radius 1 is 0.844 bits per heavy atom. The Balaban J connectivity index is 1.54. The van der Waals surface area contributed by atoms with Crippen LogP contribution in [0.15, 0.2) is 83.8 Å². The summed E-state index contributed by atoms with van der Waals surface area (Å²) in [5.41, 5.74) is 3.71. The van der Waals surface area contributed by atoms with E-state index in [4.69, 9.17) is 0 Å². The van der Waals surface area contributed by atoms with Gasteiger partial charge in [-0.25, -0.2) is 8.42 Å². The van der Waals surface area contributed by atoms with Gasteiger partial charge in [-0.15, -0.1) is 0 Å². The van der Waals surface area contributed by atoms with Gasteiger partial charge in [-0.2, -0.15) is 0 Å². The van der Waals surface area contributed by atoms with Crippen molar-refractivity contribution in [1.82, 2.24) is 4.90 Å². The number of para-hydroxylation sites is 3. The van der Waals surface area contributed by atoms with Crippen LogP contribution in [0.25, 0.3) is 0 Å². The van der Waals surface area contributed by atoms with Gasteiger partial charge in [0.05, 0.1) is 17.1 Å². The van der Waals surface area contributed by atoms with Crippen LogP contribution >= 0.6 is 0 Å². The number of hydrogen-bond acceptors (Lipinski definition) is 4. The third kappa shape index (κ3) is 4.38. The van der Waals surface area contributed by atoms with Crippen molar-refractivity contribution in [2.24, 2.45) is 0 Å². The smallest absolute Gasteiger partial charge is 0.266 e. The fraction of sp³-hybridized carbons (Fsp3) is 0.308. The summed E-state index contributed by atoms with van der Waals surface area (Å²) in [7, 11) is 0.184. The molecule has 1 heterocycles. The summed E-state index contributed by atoms with van der Waals surface area (Å²) in [5, 5.41) is 0. The van der Waals surface area contributed by atoms with Crippen LogP contribution in [0.4, 0.5) is 17.1 Å². The first-order chi connectivity index (χ1) is 15.4. The summed E-state index contributed by atoms with van der Waals surface area (Å²) in [4.78, 5) is 4.89. The average molecular weight is 450 g/mol. The summed E-state index contributed by atoms with van der Waals surface area (Å²) in [6.07, 6.45) is 1.93. The molecule has 0 unspecified atom stereocenters. The number of anilines is 3. The van der Waals surface area contributed by atoms with E-state index in [9.17, 15) is 8.42 Å². The molecule has 3 aromatic rings. The highest BCUT2D eigenvalue weighted by atomic mass is 32.2. The van der Waals surface area contributed by atoms with E-state index in [1.807, 2.05) is 42.5 Å². The number of nitrogens with zero attached hydrogens (tertiary/aromatic N) is 3. The zero-order valence-corrected chi connectivity index (χ0v) is 19.8. The Bertz CT molecular complexity index is 1160. The van der Waals surface area contributed by atoms with Crippen molar-refractivity contribution >= 4 is 27.1 Å². The summed E-state index contributed by atoms with van der Waals surface area (Å²) in [5.74, 6) is 0. The van der Waals surface area contributed by atoms with Crippen molar-refractivity contribution in [1.29, 1.82) is 0 Å². The molecule has 0 saturated carbocycles. The highest BCUT2D eigenvalue weighted by Crippen LogP contribution is 2.43. The van der Waals surface area contributed by atoms with Crippen molar-refractivity contribution in [2.45, 2.75) is 30.7 Å². The molecule has 0 spiro atoms. The standard InChI is InChI=1S/C26H31N3O2S/c1-21(20-22-12-5-4-6-13-22)27(2)18-11-19-29-24-15-8-7-14-23(24)28(3)32(30,31)26-17-10-9-16-25(26)29/h4-10,12-17,21H,11,18-20H2,1-3H3/t21-/m0/s1. The van der Waals surface area contributed by atoms with E-state index >= 15 is 0 Å². The van der Waals surface area contributed by atoms with Crippen LogP contribution in [0.3, 0.4) is 0 Å². The van der Waals surface area contributed by atoms with Gasteiger partial charge in [-0.05, 0) is 63.2 Å². The summed E-state index contributed by atoms with van der Waals surface area (Å²) >= 11 is 0. The monoisotopic (exact) mass is 449 g/mol. The van der Waals surface area contributed by atoms with Gasteiger partial charge in [0.1, 0.15) is 4.90 Å². The molecule has 0 aliphatic carbocycles. The molecular weight excluding hydrogens is 418 g/mol. The summed E-state index contributed by atoms with van der Waals surface area (Å²) in [6, 6.07) is 26.0. The number of hydrogen-bond donors (Lipinski definition) is 0. The number of likely N-dealkylation sites (N-methyl/N-ethyl adjacent to an activating group) is 1. The van der Waals surface area contributed by atoms with E-state index < -0.39 is 10.0 Å². The van der Waals surface area contributed by atoms with Crippen molar-refractivity contribution in [2.75, 3.05) is 36.4 Å². The maximum atomic E-state index is 13.3. The zero-order valence-electron chi connectivity index (χ0n) is 19.0. The zero-order chi connectivity index (χ0) is 22.7. The van der Waals surface area contributed by atoms with E-state index in [2.05, 4.69) is 48.0 Å². The molecule has 0 saturated heterocycles. The molecule has 0 bridgehead atoms. The Hall–Kier alpha value is -2.83. The molecule has 0 N–H and O–H groups in total. The fourth-order valence-electron chi connectivity index (χ4n) is 4.31. The molecule has 0 aromatic heterocycles. The van der Waals surface area contributed by atoms with Crippen molar-refractivity contribution in [3.8, 4) is 0 Å². The first-order valence-corrected chi connectivity index (χ1v) is 12.5. The number of fused-ring (bicyclic) bond motifs is 2. The minimum Gasteiger partial charge on any atom is -0.339 e. The quantitative estimate of drug-likeness (QED) is 0.514. The number of benzene rings is 3. The highest BCUT2D eigenvalue weighted by Gasteiger charge is 2.33. The minimum atomic E-state index is -3.61. The van der Waals surface area contributed by atoms with Crippen LogP contribution in [0, 0.1) is 0 Å². The fourth-order valence-corrected chi connectivity index (χ4v) is 5.72. The predicted octanol–water partition coefficient (Wildman–Crippen LogP) is 4.92.